The van der Waals surface area contributed by atoms with Crippen molar-refractivity contribution in [3.05, 3.63) is 66.0 Å². The summed E-state index contributed by atoms with van der Waals surface area (Å²) in [5.41, 5.74) is 0.416. The first-order valence-electron chi connectivity index (χ1n) is 9.83. The summed E-state index contributed by atoms with van der Waals surface area (Å²) in [7, 11) is 0. The molecule has 0 unspecified atom stereocenters. The van der Waals surface area contributed by atoms with Gasteiger partial charge in [-0.3, -0.25) is 14.2 Å². The van der Waals surface area contributed by atoms with Gasteiger partial charge in [0.1, 0.15) is 31.3 Å². The van der Waals surface area contributed by atoms with Gasteiger partial charge in [0.25, 0.3) is 5.56 Å². The number of fused-ring (bicyclic) bond motifs is 1. The summed E-state index contributed by atoms with van der Waals surface area (Å²) >= 11 is 0. The van der Waals surface area contributed by atoms with Gasteiger partial charge in [0.2, 0.25) is 5.91 Å². The van der Waals surface area contributed by atoms with E-state index in [9.17, 15) is 9.59 Å². The lowest BCUT2D eigenvalue weighted by molar-refractivity contribution is -0.132. The summed E-state index contributed by atoms with van der Waals surface area (Å²) in [4.78, 5) is 46.0. The second kappa shape index (κ2) is 7.94. The number of hydrogen-bond donors (Lipinski definition) is 0. The standard InChI is InChI=1S/C20H19N9O2/c30-19(10-28-14-24-16-4-2-1-3-15(16)20(28)31)27-7-5-26(6-8-27)17-9-18(23-12-22-17)29-13-21-11-25-29/h1-4,9,11-14H,5-8,10H2. The second-order valence-electron chi connectivity index (χ2n) is 7.14. The zero-order valence-electron chi connectivity index (χ0n) is 16.6. The van der Waals surface area contributed by atoms with Crippen LogP contribution < -0.4 is 10.5 Å². The Morgan fingerprint density at radius 2 is 1.74 bits per heavy atom. The topological polar surface area (TPSA) is 115 Å². The molecule has 1 aliphatic rings. The summed E-state index contributed by atoms with van der Waals surface area (Å²) in [5, 5.41) is 4.59. The van der Waals surface area contributed by atoms with E-state index in [-0.39, 0.29) is 18.0 Å². The number of para-hydroxylation sites is 1. The molecule has 1 fully saturated rings. The summed E-state index contributed by atoms with van der Waals surface area (Å²) in [6, 6.07) is 8.96. The molecule has 4 heterocycles. The lowest BCUT2D eigenvalue weighted by Crippen LogP contribution is -2.50. The molecule has 1 aromatic carbocycles. The van der Waals surface area contributed by atoms with Gasteiger partial charge in [-0.05, 0) is 12.1 Å². The number of amides is 1. The Hall–Kier alpha value is -4.15. The number of nitrogens with zero attached hydrogens (tertiary/aromatic N) is 9. The summed E-state index contributed by atoms with van der Waals surface area (Å²) in [6.45, 7) is 2.31. The van der Waals surface area contributed by atoms with E-state index >= 15 is 0 Å². The monoisotopic (exact) mass is 417 g/mol. The highest BCUT2D eigenvalue weighted by Crippen LogP contribution is 2.15. The minimum atomic E-state index is -0.209. The van der Waals surface area contributed by atoms with Crippen LogP contribution in [-0.4, -0.2) is 71.3 Å². The number of aromatic nitrogens is 7. The summed E-state index contributed by atoms with van der Waals surface area (Å²) in [5.74, 6) is 1.29. The van der Waals surface area contributed by atoms with Gasteiger partial charge in [0, 0.05) is 32.2 Å². The summed E-state index contributed by atoms with van der Waals surface area (Å²) < 4.78 is 2.94. The molecule has 1 saturated heterocycles. The van der Waals surface area contributed by atoms with Gasteiger partial charge in [0.05, 0.1) is 17.2 Å². The van der Waals surface area contributed by atoms with Crippen molar-refractivity contribution in [2.45, 2.75) is 6.54 Å². The molecule has 0 N–H and O–H groups in total. The van der Waals surface area contributed by atoms with E-state index in [1.807, 2.05) is 12.1 Å². The predicted octanol–water partition coefficient (Wildman–Crippen LogP) is 0.116. The molecule has 31 heavy (non-hydrogen) atoms. The third-order valence-corrected chi connectivity index (χ3v) is 5.29. The van der Waals surface area contributed by atoms with Crippen LogP contribution in [0.4, 0.5) is 5.82 Å². The molecule has 156 valence electrons. The number of benzene rings is 1. The lowest BCUT2D eigenvalue weighted by atomic mass is 10.2. The van der Waals surface area contributed by atoms with Crippen LogP contribution in [0.1, 0.15) is 0 Å². The van der Waals surface area contributed by atoms with E-state index in [0.717, 1.165) is 5.82 Å². The highest BCUT2D eigenvalue weighted by molar-refractivity contribution is 5.79. The molecule has 1 amide bonds. The molecule has 11 heteroatoms. The minimum Gasteiger partial charge on any atom is -0.353 e. The maximum absolute atomic E-state index is 12.8. The van der Waals surface area contributed by atoms with Crippen molar-refractivity contribution in [1.82, 2.24) is 39.2 Å². The molecule has 0 bridgehead atoms. The number of rotatable bonds is 4. The van der Waals surface area contributed by atoms with Crippen molar-refractivity contribution in [2.75, 3.05) is 31.1 Å². The van der Waals surface area contributed by atoms with Crippen molar-refractivity contribution in [1.29, 1.82) is 0 Å². The lowest BCUT2D eigenvalue weighted by Gasteiger charge is -2.35. The average Bonchev–Trinajstić information content (AvgIpc) is 3.36. The minimum absolute atomic E-state index is 0.0272. The number of hydrogen-bond acceptors (Lipinski definition) is 8. The Bertz CT molecular complexity index is 1280. The molecule has 4 aromatic rings. The summed E-state index contributed by atoms with van der Waals surface area (Å²) in [6.07, 6.45) is 5.95. The quantitative estimate of drug-likeness (QED) is 0.460. The van der Waals surface area contributed by atoms with Gasteiger partial charge in [-0.2, -0.15) is 5.10 Å². The van der Waals surface area contributed by atoms with Crippen molar-refractivity contribution in [2.24, 2.45) is 0 Å². The largest absolute Gasteiger partial charge is 0.353 e. The van der Waals surface area contributed by atoms with Crippen LogP contribution in [0.15, 0.2) is 60.4 Å². The van der Waals surface area contributed by atoms with Crippen molar-refractivity contribution in [3.63, 3.8) is 0 Å². The molecular weight excluding hydrogens is 398 g/mol. The zero-order chi connectivity index (χ0) is 21.2. The Balaban J connectivity index is 1.25. The van der Waals surface area contributed by atoms with Gasteiger partial charge >= 0.3 is 0 Å². The second-order valence-corrected chi connectivity index (χ2v) is 7.14. The van der Waals surface area contributed by atoms with E-state index < -0.39 is 0 Å². The normalized spacial score (nSPS) is 14.2. The maximum atomic E-state index is 12.8. The third-order valence-electron chi connectivity index (χ3n) is 5.29. The van der Waals surface area contributed by atoms with E-state index in [0.29, 0.717) is 42.9 Å². The first-order chi connectivity index (χ1) is 15.2. The molecule has 11 nitrogen and oxygen atoms in total. The fourth-order valence-electron chi connectivity index (χ4n) is 3.61. The van der Waals surface area contributed by atoms with Crippen LogP contribution in [0, 0.1) is 0 Å². The Kier molecular flexibility index (Phi) is 4.83. The van der Waals surface area contributed by atoms with Gasteiger partial charge < -0.3 is 9.80 Å². The van der Waals surface area contributed by atoms with Gasteiger partial charge in [-0.1, -0.05) is 12.1 Å². The van der Waals surface area contributed by atoms with Crippen LogP contribution in [0.25, 0.3) is 16.7 Å². The van der Waals surface area contributed by atoms with Crippen LogP contribution in [-0.2, 0) is 11.3 Å². The number of carbonyl (C=O) groups is 1. The molecule has 1 aliphatic heterocycles. The molecule has 0 atom stereocenters. The smallest absolute Gasteiger partial charge is 0.261 e. The SMILES string of the molecule is O=C(Cn1cnc2ccccc2c1=O)N1CCN(c2cc(-n3cncn3)ncn2)CC1. The number of carbonyl (C=O) groups excluding carboxylic acids is 1. The fraction of sp³-hybridized carbons (Fsp3) is 0.250. The first-order valence-corrected chi connectivity index (χ1v) is 9.83. The molecule has 5 rings (SSSR count). The molecule has 0 spiro atoms. The van der Waals surface area contributed by atoms with E-state index in [1.165, 1.54) is 23.5 Å². The van der Waals surface area contributed by atoms with Gasteiger partial charge in [-0.15, -0.1) is 0 Å². The van der Waals surface area contributed by atoms with Crippen LogP contribution in [0.3, 0.4) is 0 Å². The Labute approximate surface area is 176 Å². The molecule has 3 aromatic heterocycles. The van der Waals surface area contributed by atoms with Crippen LogP contribution in [0.2, 0.25) is 0 Å². The average molecular weight is 417 g/mol. The van der Waals surface area contributed by atoms with Crippen LogP contribution >= 0.6 is 0 Å². The Morgan fingerprint density at radius 1 is 0.935 bits per heavy atom. The zero-order valence-corrected chi connectivity index (χ0v) is 16.6. The number of piperazine rings is 1. The van der Waals surface area contributed by atoms with Gasteiger partial charge in [-0.25, -0.2) is 24.6 Å². The number of anilines is 1. The highest BCUT2D eigenvalue weighted by Gasteiger charge is 2.23. The molecule has 0 radical (unpaired) electrons. The highest BCUT2D eigenvalue weighted by atomic mass is 16.2. The van der Waals surface area contributed by atoms with Crippen molar-refractivity contribution >= 4 is 22.6 Å². The van der Waals surface area contributed by atoms with E-state index in [1.54, 1.807) is 34.1 Å². The molecular formula is C20H19N9O2. The maximum Gasteiger partial charge on any atom is 0.261 e. The molecule has 0 aliphatic carbocycles. The third kappa shape index (κ3) is 3.72. The van der Waals surface area contributed by atoms with E-state index in [2.05, 4.69) is 29.9 Å². The van der Waals surface area contributed by atoms with Crippen molar-refractivity contribution < 1.29 is 4.79 Å². The predicted molar refractivity (Wildman–Crippen MR) is 112 cm³/mol. The van der Waals surface area contributed by atoms with Crippen LogP contribution in [0.5, 0.6) is 0 Å². The Morgan fingerprint density at radius 3 is 2.55 bits per heavy atom. The van der Waals surface area contributed by atoms with Crippen molar-refractivity contribution in [3.8, 4) is 5.82 Å². The fourth-order valence-corrected chi connectivity index (χ4v) is 3.61. The first kappa shape index (κ1) is 18.9. The van der Waals surface area contributed by atoms with E-state index in [4.69, 9.17) is 0 Å². The molecule has 0 saturated carbocycles. The van der Waals surface area contributed by atoms with Gasteiger partial charge in [0.15, 0.2) is 5.82 Å².